The van der Waals surface area contributed by atoms with Crippen LogP contribution in [0.2, 0.25) is 5.02 Å². The van der Waals surface area contributed by atoms with Gasteiger partial charge < -0.3 is 4.90 Å². The number of amides is 1. The molecule has 1 aromatic carbocycles. The maximum atomic E-state index is 12.4. The first-order valence-electron chi connectivity index (χ1n) is 9.34. The number of likely N-dealkylation sites (tertiary alicyclic amines) is 1. The zero-order valence-corrected chi connectivity index (χ0v) is 16.3. The molecule has 0 radical (unpaired) electrons. The number of rotatable bonds is 5. The van der Waals surface area contributed by atoms with E-state index in [9.17, 15) is 4.79 Å². The summed E-state index contributed by atoms with van der Waals surface area (Å²) in [6, 6.07) is 8.15. The van der Waals surface area contributed by atoms with Crippen molar-refractivity contribution in [2.24, 2.45) is 0 Å². The van der Waals surface area contributed by atoms with Gasteiger partial charge in [-0.15, -0.1) is 10.2 Å². The molecule has 26 heavy (non-hydrogen) atoms. The monoisotopic (exact) mass is 390 g/mol. The normalized spacial score (nSPS) is 18.0. The van der Waals surface area contributed by atoms with E-state index in [0.29, 0.717) is 16.8 Å². The lowest BCUT2D eigenvalue weighted by atomic mass is 10.2. The highest BCUT2D eigenvalue weighted by Crippen LogP contribution is 2.38. The molecule has 1 saturated carbocycles. The van der Waals surface area contributed by atoms with E-state index in [4.69, 9.17) is 11.6 Å². The van der Waals surface area contributed by atoms with Crippen molar-refractivity contribution in [3.8, 4) is 11.4 Å². The van der Waals surface area contributed by atoms with Gasteiger partial charge in [0, 0.05) is 24.7 Å². The average Bonchev–Trinajstić information content (AvgIpc) is 3.40. The van der Waals surface area contributed by atoms with Gasteiger partial charge in [-0.2, -0.15) is 0 Å². The number of benzene rings is 1. The van der Waals surface area contributed by atoms with E-state index in [1.165, 1.54) is 24.6 Å². The van der Waals surface area contributed by atoms with Crippen LogP contribution in [0.4, 0.5) is 0 Å². The molecule has 2 heterocycles. The van der Waals surface area contributed by atoms with Gasteiger partial charge in [-0.05, 0) is 37.8 Å². The SMILES string of the molecule is O=C(CSc1nnc(-c2ccccc2Cl)n1C1CCCC1)N1CCCC1. The summed E-state index contributed by atoms with van der Waals surface area (Å²) in [6.45, 7) is 1.78. The number of carbonyl (C=O) groups excluding carboxylic acids is 1. The van der Waals surface area contributed by atoms with E-state index in [-0.39, 0.29) is 5.91 Å². The van der Waals surface area contributed by atoms with Crippen molar-refractivity contribution < 1.29 is 4.79 Å². The molecule has 0 atom stereocenters. The smallest absolute Gasteiger partial charge is 0.233 e. The number of thioether (sulfide) groups is 1. The highest BCUT2D eigenvalue weighted by atomic mass is 35.5. The Morgan fingerprint density at radius 2 is 1.85 bits per heavy atom. The molecule has 7 heteroatoms. The lowest BCUT2D eigenvalue weighted by Crippen LogP contribution is -2.29. The van der Waals surface area contributed by atoms with Crippen LogP contribution in [0, 0.1) is 0 Å². The fourth-order valence-corrected chi connectivity index (χ4v) is 5.01. The third kappa shape index (κ3) is 3.62. The van der Waals surface area contributed by atoms with Gasteiger partial charge in [0.2, 0.25) is 5.91 Å². The molecular formula is C19H23ClN4OS. The Kier molecular flexibility index (Phi) is 5.50. The van der Waals surface area contributed by atoms with Crippen molar-refractivity contribution in [1.82, 2.24) is 19.7 Å². The topological polar surface area (TPSA) is 51.0 Å². The van der Waals surface area contributed by atoms with Crippen molar-refractivity contribution >= 4 is 29.3 Å². The molecule has 0 spiro atoms. The summed E-state index contributed by atoms with van der Waals surface area (Å²) >= 11 is 7.92. The van der Waals surface area contributed by atoms with E-state index in [1.54, 1.807) is 0 Å². The van der Waals surface area contributed by atoms with E-state index in [2.05, 4.69) is 14.8 Å². The van der Waals surface area contributed by atoms with Gasteiger partial charge in [-0.25, -0.2) is 0 Å². The van der Waals surface area contributed by atoms with Gasteiger partial charge in [0.05, 0.1) is 10.8 Å². The van der Waals surface area contributed by atoms with Crippen molar-refractivity contribution in [1.29, 1.82) is 0 Å². The number of nitrogens with zero attached hydrogens (tertiary/aromatic N) is 4. The van der Waals surface area contributed by atoms with E-state index in [0.717, 1.165) is 55.3 Å². The van der Waals surface area contributed by atoms with Crippen LogP contribution in [-0.2, 0) is 4.79 Å². The first-order chi connectivity index (χ1) is 12.7. The third-order valence-electron chi connectivity index (χ3n) is 5.25. The number of hydrogen-bond donors (Lipinski definition) is 0. The van der Waals surface area contributed by atoms with Crippen LogP contribution in [0.5, 0.6) is 0 Å². The van der Waals surface area contributed by atoms with Gasteiger partial charge in [-0.1, -0.05) is 48.3 Å². The molecule has 1 aliphatic heterocycles. The predicted molar refractivity (Wildman–Crippen MR) is 105 cm³/mol. The zero-order chi connectivity index (χ0) is 17.9. The Balaban J connectivity index is 1.60. The van der Waals surface area contributed by atoms with Gasteiger partial charge in [0.15, 0.2) is 11.0 Å². The van der Waals surface area contributed by atoms with Crippen molar-refractivity contribution in [3.05, 3.63) is 29.3 Å². The second-order valence-corrected chi connectivity index (χ2v) is 8.32. The summed E-state index contributed by atoms with van der Waals surface area (Å²) in [5.41, 5.74) is 0.909. The predicted octanol–water partition coefficient (Wildman–Crippen LogP) is 4.43. The fraction of sp³-hybridized carbons (Fsp3) is 0.526. The summed E-state index contributed by atoms with van der Waals surface area (Å²) in [6.07, 6.45) is 6.94. The van der Waals surface area contributed by atoms with Crippen LogP contribution in [-0.4, -0.2) is 44.4 Å². The summed E-state index contributed by atoms with van der Waals surface area (Å²) in [7, 11) is 0. The zero-order valence-electron chi connectivity index (χ0n) is 14.7. The van der Waals surface area contributed by atoms with E-state index >= 15 is 0 Å². The number of carbonyl (C=O) groups is 1. The van der Waals surface area contributed by atoms with Crippen molar-refractivity contribution in [2.75, 3.05) is 18.8 Å². The van der Waals surface area contributed by atoms with Crippen LogP contribution < -0.4 is 0 Å². The first kappa shape index (κ1) is 17.9. The largest absolute Gasteiger partial charge is 0.342 e. The number of hydrogen-bond acceptors (Lipinski definition) is 4. The number of halogens is 1. The van der Waals surface area contributed by atoms with Crippen LogP contribution >= 0.6 is 23.4 Å². The molecule has 0 bridgehead atoms. The maximum absolute atomic E-state index is 12.4. The molecule has 4 rings (SSSR count). The molecule has 0 unspecified atom stereocenters. The summed E-state index contributed by atoms with van der Waals surface area (Å²) in [4.78, 5) is 14.4. The molecule has 2 fully saturated rings. The fourth-order valence-electron chi connectivity index (χ4n) is 3.88. The molecular weight excluding hydrogens is 368 g/mol. The Morgan fingerprint density at radius 3 is 2.58 bits per heavy atom. The second kappa shape index (κ2) is 8.01. The minimum Gasteiger partial charge on any atom is -0.342 e. The van der Waals surface area contributed by atoms with Crippen molar-refractivity contribution in [2.45, 2.75) is 49.7 Å². The summed E-state index contributed by atoms with van der Waals surface area (Å²) in [5.74, 6) is 1.44. The van der Waals surface area contributed by atoms with Crippen LogP contribution in [0.15, 0.2) is 29.4 Å². The highest BCUT2D eigenvalue weighted by molar-refractivity contribution is 7.99. The lowest BCUT2D eigenvalue weighted by molar-refractivity contribution is -0.127. The Hall–Kier alpha value is -1.53. The van der Waals surface area contributed by atoms with Crippen molar-refractivity contribution in [3.63, 3.8) is 0 Å². The lowest BCUT2D eigenvalue weighted by Gasteiger charge is -2.18. The molecule has 2 aromatic rings. The third-order valence-corrected chi connectivity index (χ3v) is 6.51. The molecule has 1 saturated heterocycles. The molecule has 0 N–H and O–H groups in total. The molecule has 5 nitrogen and oxygen atoms in total. The van der Waals surface area contributed by atoms with Gasteiger partial charge in [0.1, 0.15) is 0 Å². The molecule has 1 amide bonds. The highest BCUT2D eigenvalue weighted by Gasteiger charge is 2.27. The maximum Gasteiger partial charge on any atom is 0.233 e. The minimum absolute atomic E-state index is 0.202. The Labute approximate surface area is 163 Å². The van der Waals surface area contributed by atoms with Gasteiger partial charge in [-0.3, -0.25) is 9.36 Å². The summed E-state index contributed by atoms with van der Waals surface area (Å²) in [5, 5.41) is 10.4. The molecule has 1 aliphatic carbocycles. The van der Waals surface area contributed by atoms with Crippen LogP contribution in [0.1, 0.15) is 44.6 Å². The summed E-state index contributed by atoms with van der Waals surface area (Å²) < 4.78 is 2.22. The van der Waals surface area contributed by atoms with Crippen LogP contribution in [0.25, 0.3) is 11.4 Å². The average molecular weight is 391 g/mol. The molecule has 1 aromatic heterocycles. The second-order valence-electron chi connectivity index (χ2n) is 6.97. The molecule has 2 aliphatic rings. The number of aromatic nitrogens is 3. The minimum atomic E-state index is 0.202. The van der Waals surface area contributed by atoms with Crippen LogP contribution in [0.3, 0.4) is 0 Å². The standard InChI is InChI=1S/C19H23ClN4OS/c20-16-10-4-3-9-15(16)18-21-22-19(24(18)14-7-1-2-8-14)26-13-17(25)23-11-5-6-12-23/h3-4,9-10,14H,1-2,5-8,11-13H2. The molecule has 138 valence electrons. The van der Waals surface area contributed by atoms with Gasteiger partial charge >= 0.3 is 0 Å². The first-order valence-corrected chi connectivity index (χ1v) is 10.7. The quantitative estimate of drug-likeness (QED) is 0.708. The Bertz CT molecular complexity index is 782. The van der Waals surface area contributed by atoms with E-state index in [1.807, 2.05) is 29.2 Å². The Morgan fingerprint density at radius 1 is 1.12 bits per heavy atom. The van der Waals surface area contributed by atoms with E-state index < -0.39 is 0 Å². The van der Waals surface area contributed by atoms with Gasteiger partial charge in [0.25, 0.3) is 0 Å².